The highest BCUT2D eigenvalue weighted by Gasteiger charge is 2.41. The van der Waals surface area contributed by atoms with Crippen molar-refractivity contribution in [2.75, 3.05) is 33.2 Å². The van der Waals surface area contributed by atoms with Gasteiger partial charge in [-0.05, 0) is 43.0 Å². The Labute approximate surface area is 221 Å². The molecule has 0 spiro atoms. The van der Waals surface area contributed by atoms with E-state index in [2.05, 4.69) is 4.90 Å². The van der Waals surface area contributed by atoms with E-state index in [0.29, 0.717) is 57.6 Å². The first-order valence-corrected chi connectivity index (χ1v) is 12.6. The van der Waals surface area contributed by atoms with Crippen LogP contribution in [0.2, 0.25) is 0 Å². The highest BCUT2D eigenvalue weighted by Crippen LogP contribution is 2.38. The lowest BCUT2D eigenvalue weighted by Crippen LogP contribution is -2.55. The average molecular weight is 558 g/mol. The number of likely N-dealkylation sites (N-methyl/N-ethyl adjacent to an activating group) is 1. The van der Waals surface area contributed by atoms with Crippen LogP contribution in [0.3, 0.4) is 0 Å². The maximum Gasteiger partial charge on any atom is 0.416 e. The summed E-state index contributed by atoms with van der Waals surface area (Å²) in [6, 6.07) is 9.88. The van der Waals surface area contributed by atoms with Crippen molar-refractivity contribution in [2.45, 2.75) is 49.6 Å². The lowest BCUT2D eigenvalue weighted by atomic mass is 9.83. The minimum Gasteiger partial charge on any atom is -0.465 e. The van der Waals surface area contributed by atoms with Crippen LogP contribution in [0, 0.1) is 0 Å². The third kappa shape index (κ3) is 6.48. The summed E-state index contributed by atoms with van der Waals surface area (Å²) in [5.74, 6) is -1.17. The summed E-state index contributed by atoms with van der Waals surface area (Å²) < 4.78 is 80.4. The molecule has 2 amide bonds. The Balaban J connectivity index is 1.60. The Morgan fingerprint density at radius 1 is 0.872 bits per heavy atom. The molecule has 212 valence electrons. The summed E-state index contributed by atoms with van der Waals surface area (Å²) in [6.45, 7) is 1.89. The molecule has 2 aliphatic rings. The second-order valence-corrected chi connectivity index (χ2v) is 10.1. The number of hydrogen-bond donors (Lipinski definition) is 1. The summed E-state index contributed by atoms with van der Waals surface area (Å²) in [5, 5.41) is 9.24. The number of carbonyl (C=O) groups is 2. The Hall–Kier alpha value is -3.28. The van der Waals surface area contributed by atoms with Gasteiger partial charge in [-0.25, -0.2) is 4.79 Å². The van der Waals surface area contributed by atoms with Crippen molar-refractivity contribution in [1.82, 2.24) is 14.7 Å². The fourth-order valence-electron chi connectivity index (χ4n) is 5.64. The molecule has 0 bridgehead atoms. The van der Waals surface area contributed by atoms with E-state index in [9.17, 15) is 41.0 Å². The molecular formula is C27H29F6N3O3. The normalized spacial score (nSPS) is 21.6. The van der Waals surface area contributed by atoms with Gasteiger partial charge < -0.3 is 14.9 Å². The van der Waals surface area contributed by atoms with Crippen molar-refractivity contribution < 1.29 is 41.0 Å². The van der Waals surface area contributed by atoms with Crippen molar-refractivity contribution in [3.63, 3.8) is 0 Å². The number of rotatable bonds is 4. The van der Waals surface area contributed by atoms with Gasteiger partial charge in [0.2, 0.25) is 0 Å². The first-order valence-electron chi connectivity index (χ1n) is 12.6. The molecule has 0 saturated carbocycles. The second-order valence-electron chi connectivity index (χ2n) is 10.1. The summed E-state index contributed by atoms with van der Waals surface area (Å²) in [6.07, 6.45) is -9.31. The number of carboxylic acid groups (broad SMARTS) is 1. The Morgan fingerprint density at radius 2 is 1.44 bits per heavy atom. The SMILES string of the molecule is CN(C(=O)c1cc(C(F)(F)F)cc(C(F)(F)F)c1)[C@@H]1CCN(C2CCN(C(=O)O)CC2)C[C@H]1c1ccccc1. The van der Waals surface area contributed by atoms with Crippen LogP contribution < -0.4 is 0 Å². The van der Waals surface area contributed by atoms with E-state index in [4.69, 9.17) is 0 Å². The van der Waals surface area contributed by atoms with Crippen molar-refractivity contribution in [3.8, 4) is 0 Å². The van der Waals surface area contributed by atoms with Gasteiger partial charge in [0.15, 0.2) is 0 Å². The van der Waals surface area contributed by atoms with E-state index in [1.54, 1.807) is 0 Å². The van der Waals surface area contributed by atoms with Crippen LogP contribution in [0.4, 0.5) is 31.1 Å². The molecule has 6 nitrogen and oxygen atoms in total. The Morgan fingerprint density at radius 3 is 1.95 bits per heavy atom. The number of benzene rings is 2. The number of halogens is 6. The van der Waals surface area contributed by atoms with Crippen LogP contribution in [0.5, 0.6) is 0 Å². The van der Waals surface area contributed by atoms with Gasteiger partial charge in [0, 0.05) is 56.8 Å². The molecule has 0 aromatic heterocycles. The van der Waals surface area contributed by atoms with Crippen LogP contribution in [0.1, 0.15) is 52.2 Å². The third-order valence-electron chi connectivity index (χ3n) is 7.74. The molecule has 0 aliphatic carbocycles. The number of amides is 2. The summed E-state index contributed by atoms with van der Waals surface area (Å²) in [4.78, 5) is 29.5. The van der Waals surface area contributed by atoms with Crippen molar-refractivity contribution in [1.29, 1.82) is 0 Å². The first-order chi connectivity index (χ1) is 18.3. The maximum absolute atomic E-state index is 13.4. The Bertz CT molecular complexity index is 1150. The van der Waals surface area contributed by atoms with E-state index >= 15 is 0 Å². The van der Waals surface area contributed by atoms with Crippen LogP contribution in [0.15, 0.2) is 48.5 Å². The Kier molecular flexibility index (Phi) is 8.15. The van der Waals surface area contributed by atoms with Gasteiger partial charge in [0.1, 0.15) is 0 Å². The van der Waals surface area contributed by atoms with Crippen LogP contribution in [0.25, 0.3) is 0 Å². The summed E-state index contributed by atoms with van der Waals surface area (Å²) >= 11 is 0. The number of alkyl halides is 6. The molecule has 2 aromatic carbocycles. The molecule has 0 radical (unpaired) electrons. The lowest BCUT2D eigenvalue weighted by Gasteiger charge is -2.47. The third-order valence-corrected chi connectivity index (χ3v) is 7.74. The van der Waals surface area contributed by atoms with E-state index in [1.807, 2.05) is 30.3 Å². The monoisotopic (exact) mass is 557 g/mol. The molecule has 2 saturated heterocycles. The minimum absolute atomic E-state index is 0.0116. The van der Waals surface area contributed by atoms with E-state index in [1.165, 1.54) is 16.8 Å². The van der Waals surface area contributed by atoms with E-state index < -0.39 is 47.1 Å². The number of piperidine rings is 2. The molecule has 0 unspecified atom stereocenters. The molecule has 12 heteroatoms. The topological polar surface area (TPSA) is 64.1 Å². The fraction of sp³-hybridized carbons (Fsp3) is 0.481. The van der Waals surface area contributed by atoms with E-state index in [-0.39, 0.29) is 18.0 Å². The molecule has 2 heterocycles. The lowest BCUT2D eigenvalue weighted by molar-refractivity contribution is -0.143. The zero-order valence-electron chi connectivity index (χ0n) is 21.2. The van der Waals surface area contributed by atoms with Gasteiger partial charge in [-0.1, -0.05) is 30.3 Å². The quantitative estimate of drug-likeness (QED) is 0.483. The number of hydrogen-bond acceptors (Lipinski definition) is 3. The smallest absolute Gasteiger partial charge is 0.416 e. The number of carbonyl (C=O) groups excluding carboxylic acids is 1. The molecule has 2 fully saturated rings. The maximum atomic E-state index is 13.4. The highest BCUT2D eigenvalue weighted by atomic mass is 19.4. The average Bonchev–Trinajstić information content (AvgIpc) is 2.91. The van der Waals surface area contributed by atoms with Gasteiger partial charge >= 0.3 is 18.4 Å². The van der Waals surface area contributed by atoms with Crippen LogP contribution in [-0.2, 0) is 12.4 Å². The molecule has 39 heavy (non-hydrogen) atoms. The molecule has 4 rings (SSSR count). The molecule has 2 aromatic rings. The van der Waals surface area contributed by atoms with Crippen molar-refractivity contribution >= 4 is 12.0 Å². The molecule has 1 N–H and O–H groups in total. The van der Waals surface area contributed by atoms with Crippen molar-refractivity contribution in [2.24, 2.45) is 0 Å². The zero-order valence-corrected chi connectivity index (χ0v) is 21.2. The standard InChI is InChI=1S/C27H29F6N3O3/c1-34(24(37)18-13-19(26(28,29)30)15-20(14-18)27(31,32)33)23-9-12-36(16-22(23)17-5-3-2-4-6-17)21-7-10-35(11-8-21)25(38)39/h2-6,13-15,21-23H,7-12,16H2,1H3,(H,38,39)/t22-,23+/m0/s1. The van der Waals surface area contributed by atoms with Gasteiger partial charge in [-0.2, -0.15) is 26.3 Å². The van der Waals surface area contributed by atoms with Crippen molar-refractivity contribution in [3.05, 3.63) is 70.8 Å². The summed E-state index contributed by atoms with van der Waals surface area (Å²) in [7, 11) is 1.41. The van der Waals surface area contributed by atoms with E-state index in [0.717, 1.165) is 5.56 Å². The van der Waals surface area contributed by atoms with Gasteiger partial charge in [0.25, 0.3) is 5.91 Å². The summed E-state index contributed by atoms with van der Waals surface area (Å²) in [5.41, 5.74) is -2.84. The van der Waals surface area contributed by atoms with Crippen LogP contribution in [-0.4, -0.2) is 77.1 Å². The van der Waals surface area contributed by atoms with Gasteiger partial charge in [-0.15, -0.1) is 0 Å². The first kappa shape index (κ1) is 28.7. The predicted octanol–water partition coefficient (Wildman–Crippen LogP) is 5.80. The molecule has 2 aliphatic heterocycles. The van der Waals surface area contributed by atoms with Crippen LogP contribution >= 0.6 is 0 Å². The zero-order chi connectivity index (χ0) is 28.5. The second kappa shape index (κ2) is 11.1. The fourth-order valence-corrected chi connectivity index (χ4v) is 5.64. The molecular weight excluding hydrogens is 528 g/mol. The largest absolute Gasteiger partial charge is 0.465 e. The number of likely N-dealkylation sites (tertiary alicyclic amines) is 2. The van der Waals surface area contributed by atoms with Gasteiger partial charge in [0.05, 0.1) is 11.1 Å². The molecule has 2 atom stereocenters. The minimum atomic E-state index is -5.05. The van der Waals surface area contributed by atoms with Gasteiger partial charge in [-0.3, -0.25) is 9.69 Å². The highest BCUT2D eigenvalue weighted by molar-refractivity contribution is 5.95. The number of nitrogens with zero attached hydrogens (tertiary/aromatic N) is 3. The predicted molar refractivity (Wildman–Crippen MR) is 130 cm³/mol.